The van der Waals surface area contributed by atoms with Gasteiger partial charge in [-0.15, -0.1) is 0 Å². The number of hydrogen-bond donors (Lipinski definition) is 1. The zero-order chi connectivity index (χ0) is 13.9. The zero-order valence-corrected chi connectivity index (χ0v) is 12.8. The molecule has 0 aromatic rings. The van der Waals surface area contributed by atoms with Crippen molar-refractivity contribution in [2.75, 3.05) is 46.5 Å². The van der Waals surface area contributed by atoms with Gasteiger partial charge in [-0.3, -0.25) is 9.80 Å². The normalized spacial score (nSPS) is 37.1. The van der Waals surface area contributed by atoms with Crippen LogP contribution in [0.1, 0.15) is 33.1 Å². The molecular formula is C15H30N2O2. The third-order valence-electron chi connectivity index (χ3n) is 5.16. The standard InChI is InChI=1S/C15H30N2O2/c1-13-4-5-15(10-13,12-18)16(3)6-7-17-8-9-19-11-14(17)2/h13-14,18H,4-12H2,1-3H3/t13-,14+,15+/m1/s1. The molecule has 19 heavy (non-hydrogen) atoms. The maximum Gasteiger partial charge on any atom is 0.0619 e. The Morgan fingerprint density at radius 2 is 2.21 bits per heavy atom. The lowest BCUT2D eigenvalue weighted by atomic mass is 9.95. The molecule has 0 bridgehead atoms. The van der Waals surface area contributed by atoms with Crippen LogP contribution in [0, 0.1) is 5.92 Å². The molecule has 1 saturated heterocycles. The number of hydrogen-bond acceptors (Lipinski definition) is 4. The second-order valence-electron chi connectivity index (χ2n) is 6.61. The fraction of sp³-hybridized carbons (Fsp3) is 1.00. The zero-order valence-electron chi connectivity index (χ0n) is 12.8. The lowest BCUT2D eigenvalue weighted by Crippen LogP contribution is -2.52. The summed E-state index contributed by atoms with van der Waals surface area (Å²) in [6, 6.07) is 0.523. The average molecular weight is 270 g/mol. The van der Waals surface area contributed by atoms with Crippen LogP contribution in [0.3, 0.4) is 0 Å². The highest BCUT2D eigenvalue weighted by Crippen LogP contribution is 2.37. The smallest absolute Gasteiger partial charge is 0.0619 e. The number of ether oxygens (including phenoxy) is 1. The Kier molecular flexibility index (Phi) is 5.23. The van der Waals surface area contributed by atoms with E-state index in [9.17, 15) is 5.11 Å². The van der Waals surface area contributed by atoms with Crippen molar-refractivity contribution in [1.82, 2.24) is 9.80 Å². The first-order chi connectivity index (χ1) is 9.07. The van der Waals surface area contributed by atoms with Crippen molar-refractivity contribution >= 4 is 0 Å². The summed E-state index contributed by atoms with van der Waals surface area (Å²) in [7, 11) is 2.18. The summed E-state index contributed by atoms with van der Waals surface area (Å²) in [5, 5.41) is 9.82. The number of aliphatic hydroxyl groups is 1. The highest BCUT2D eigenvalue weighted by atomic mass is 16.5. The van der Waals surface area contributed by atoms with Crippen molar-refractivity contribution in [3.8, 4) is 0 Å². The highest BCUT2D eigenvalue weighted by molar-refractivity contribution is 4.96. The van der Waals surface area contributed by atoms with E-state index in [0.29, 0.717) is 12.6 Å². The molecule has 0 aromatic carbocycles. The minimum atomic E-state index is 0.0366. The van der Waals surface area contributed by atoms with Crippen LogP contribution in [0.4, 0.5) is 0 Å². The van der Waals surface area contributed by atoms with E-state index in [1.54, 1.807) is 0 Å². The van der Waals surface area contributed by atoms with Crippen LogP contribution in [-0.4, -0.2) is 73.0 Å². The van der Waals surface area contributed by atoms with Gasteiger partial charge in [0.1, 0.15) is 0 Å². The van der Waals surface area contributed by atoms with Crippen molar-refractivity contribution in [3.05, 3.63) is 0 Å². The van der Waals surface area contributed by atoms with E-state index in [-0.39, 0.29) is 5.54 Å². The Morgan fingerprint density at radius 1 is 1.42 bits per heavy atom. The summed E-state index contributed by atoms with van der Waals surface area (Å²) in [5.41, 5.74) is 0.0366. The van der Waals surface area contributed by atoms with Gasteiger partial charge >= 0.3 is 0 Å². The Balaban J connectivity index is 1.84. The number of rotatable bonds is 5. The van der Waals surface area contributed by atoms with Crippen LogP contribution in [0.5, 0.6) is 0 Å². The van der Waals surface area contributed by atoms with E-state index in [2.05, 4.69) is 30.7 Å². The fourth-order valence-corrected chi connectivity index (χ4v) is 3.59. The molecule has 1 aliphatic heterocycles. The molecule has 0 unspecified atom stereocenters. The van der Waals surface area contributed by atoms with Gasteiger partial charge in [0, 0.05) is 31.2 Å². The lowest BCUT2D eigenvalue weighted by Gasteiger charge is -2.40. The fourth-order valence-electron chi connectivity index (χ4n) is 3.59. The number of morpholine rings is 1. The Labute approximate surface area is 117 Å². The van der Waals surface area contributed by atoms with Gasteiger partial charge in [0.15, 0.2) is 0 Å². The third-order valence-corrected chi connectivity index (χ3v) is 5.16. The van der Waals surface area contributed by atoms with Gasteiger partial charge < -0.3 is 9.84 Å². The largest absolute Gasteiger partial charge is 0.394 e. The number of likely N-dealkylation sites (N-methyl/N-ethyl adjacent to an activating group) is 1. The Bertz CT molecular complexity index is 287. The van der Waals surface area contributed by atoms with Gasteiger partial charge in [-0.05, 0) is 39.2 Å². The first-order valence-electron chi connectivity index (χ1n) is 7.71. The highest BCUT2D eigenvalue weighted by Gasteiger charge is 2.40. The maximum atomic E-state index is 9.82. The molecule has 1 saturated carbocycles. The first kappa shape index (κ1) is 15.2. The van der Waals surface area contributed by atoms with Gasteiger partial charge in [-0.1, -0.05) is 6.92 Å². The molecule has 1 aliphatic carbocycles. The summed E-state index contributed by atoms with van der Waals surface area (Å²) in [6.07, 6.45) is 3.53. The van der Waals surface area contributed by atoms with E-state index in [1.165, 1.54) is 6.42 Å². The molecule has 1 heterocycles. The van der Waals surface area contributed by atoms with Crippen LogP contribution in [0.15, 0.2) is 0 Å². The Hall–Kier alpha value is -0.160. The topological polar surface area (TPSA) is 35.9 Å². The molecular weight excluding hydrogens is 240 g/mol. The van der Waals surface area contributed by atoms with E-state index in [4.69, 9.17) is 4.74 Å². The molecule has 1 N–H and O–H groups in total. The second kappa shape index (κ2) is 6.53. The molecule has 0 spiro atoms. The average Bonchev–Trinajstić information content (AvgIpc) is 2.80. The Morgan fingerprint density at radius 3 is 2.79 bits per heavy atom. The summed E-state index contributed by atoms with van der Waals surface area (Å²) in [4.78, 5) is 4.90. The van der Waals surface area contributed by atoms with Crippen LogP contribution < -0.4 is 0 Å². The molecule has 2 aliphatic rings. The molecule has 0 radical (unpaired) electrons. The van der Waals surface area contributed by atoms with Crippen molar-refractivity contribution in [2.45, 2.75) is 44.7 Å². The van der Waals surface area contributed by atoms with Gasteiger partial charge in [0.05, 0.1) is 19.8 Å². The predicted octanol–water partition coefficient (Wildman–Crippen LogP) is 1.19. The first-order valence-corrected chi connectivity index (χ1v) is 7.71. The molecule has 0 aromatic heterocycles. The number of nitrogens with zero attached hydrogens (tertiary/aromatic N) is 2. The van der Waals surface area contributed by atoms with Crippen molar-refractivity contribution in [1.29, 1.82) is 0 Å². The quantitative estimate of drug-likeness (QED) is 0.814. The van der Waals surface area contributed by atoms with E-state index in [1.807, 2.05) is 0 Å². The van der Waals surface area contributed by atoms with Gasteiger partial charge in [-0.25, -0.2) is 0 Å². The van der Waals surface area contributed by atoms with E-state index < -0.39 is 0 Å². The van der Waals surface area contributed by atoms with Crippen LogP contribution in [-0.2, 0) is 4.74 Å². The van der Waals surface area contributed by atoms with Gasteiger partial charge in [-0.2, -0.15) is 0 Å². The summed E-state index contributed by atoms with van der Waals surface area (Å²) in [5.74, 6) is 0.747. The van der Waals surface area contributed by atoms with Crippen molar-refractivity contribution in [2.24, 2.45) is 5.92 Å². The van der Waals surface area contributed by atoms with E-state index in [0.717, 1.165) is 51.6 Å². The number of aliphatic hydroxyl groups excluding tert-OH is 1. The van der Waals surface area contributed by atoms with E-state index >= 15 is 0 Å². The van der Waals surface area contributed by atoms with Crippen molar-refractivity contribution in [3.63, 3.8) is 0 Å². The summed E-state index contributed by atoms with van der Waals surface area (Å²) in [6.45, 7) is 9.70. The van der Waals surface area contributed by atoms with Crippen LogP contribution in [0.2, 0.25) is 0 Å². The van der Waals surface area contributed by atoms with Crippen LogP contribution >= 0.6 is 0 Å². The molecule has 3 atom stereocenters. The minimum Gasteiger partial charge on any atom is -0.394 e. The molecule has 2 rings (SSSR count). The summed E-state index contributed by atoms with van der Waals surface area (Å²) >= 11 is 0. The molecule has 2 fully saturated rings. The van der Waals surface area contributed by atoms with Crippen LogP contribution in [0.25, 0.3) is 0 Å². The monoisotopic (exact) mass is 270 g/mol. The van der Waals surface area contributed by atoms with Gasteiger partial charge in [0.2, 0.25) is 0 Å². The molecule has 112 valence electrons. The SMILES string of the molecule is C[C@@H]1CC[C@](CO)(N(C)CCN2CCOC[C@@H]2C)C1. The predicted molar refractivity (Wildman–Crippen MR) is 77.3 cm³/mol. The van der Waals surface area contributed by atoms with Gasteiger partial charge in [0.25, 0.3) is 0 Å². The third kappa shape index (κ3) is 3.48. The second-order valence-corrected chi connectivity index (χ2v) is 6.61. The molecule has 0 amide bonds. The maximum absolute atomic E-state index is 9.82. The molecule has 4 nitrogen and oxygen atoms in total. The van der Waals surface area contributed by atoms with Crippen molar-refractivity contribution < 1.29 is 9.84 Å². The summed E-state index contributed by atoms with van der Waals surface area (Å²) < 4.78 is 5.48. The lowest BCUT2D eigenvalue weighted by molar-refractivity contribution is -0.0137. The minimum absolute atomic E-state index is 0.0366. The molecule has 4 heteroatoms.